The van der Waals surface area contributed by atoms with Crippen molar-refractivity contribution in [3.63, 3.8) is 0 Å². The molecule has 3 nitrogen and oxygen atoms in total. The summed E-state index contributed by atoms with van der Waals surface area (Å²) in [6.45, 7) is 1.21. The van der Waals surface area contributed by atoms with Crippen LogP contribution in [0, 0.1) is 18.3 Å². The Balaban J connectivity index is 1.92. The van der Waals surface area contributed by atoms with Gasteiger partial charge in [-0.25, -0.2) is 0 Å². The third-order valence-electron chi connectivity index (χ3n) is 1.67. The van der Waals surface area contributed by atoms with Crippen molar-refractivity contribution < 1.29 is 9.53 Å². The van der Waals surface area contributed by atoms with E-state index < -0.39 is 0 Å². The van der Waals surface area contributed by atoms with Crippen LogP contribution in [0.3, 0.4) is 0 Å². The summed E-state index contributed by atoms with van der Waals surface area (Å²) in [6, 6.07) is 0. The number of carbonyl (C=O) groups is 1. The molecule has 0 aliphatic heterocycles. The molecule has 0 heterocycles. The molecule has 0 aromatic carbocycles. The van der Waals surface area contributed by atoms with Crippen LogP contribution in [-0.2, 0) is 9.53 Å². The molecular formula is C9H13NO2. The minimum absolute atomic E-state index is 0.211. The van der Waals surface area contributed by atoms with Crippen molar-refractivity contribution in [1.82, 2.24) is 5.32 Å². The number of esters is 1. The molecule has 12 heavy (non-hydrogen) atoms. The summed E-state index contributed by atoms with van der Waals surface area (Å²) >= 11 is 0. The lowest BCUT2D eigenvalue weighted by Gasteiger charge is -2.02. The lowest BCUT2D eigenvalue weighted by molar-refractivity contribution is -0.142. The third-order valence-corrected chi connectivity index (χ3v) is 1.67. The van der Waals surface area contributed by atoms with Crippen molar-refractivity contribution in [2.75, 3.05) is 19.7 Å². The Bertz CT molecular complexity index is 191. The van der Waals surface area contributed by atoms with Crippen LogP contribution in [0.4, 0.5) is 0 Å². The fourth-order valence-corrected chi connectivity index (χ4v) is 0.783. The van der Waals surface area contributed by atoms with Crippen molar-refractivity contribution in [2.24, 2.45) is 5.92 Å². The Labute approximate surface area is 72.5 Å². The molecule has 0 bridgehead atoms. The first-order valence-electron chi connectivity index (χ1n) is 4.12. The number of rotatable bonds is 5. The summed E-state index contributed by atoms with van der Waals surface area (Å²) in [5.41, 5.74) is 0. The van der Waals surface area contributed by atoms with E-state index in [0.29, 0.717) is 19.1 Å². The number of hydrogen-bond donors (Lipinski definition) is 1. The number of terminal acetylenes is 1. The first-order chi connectivity index (χ1) is 5.83. The second-order valence-electron chi connectivity index (χ2n) is 2.93. The molecule has 1 saturated carbocycles. The van der Waals surface area contributed by atoms with E-state index in [-0.39, 0.29) is 12.5 Å². The van der Waals surface area contributed by atoms with Crippen LogP contribution in [0.1, 0.15) is 12.8 Å². The van der Waals surface area contributed by atoms with E-state index in [1.54, 1.807) is 0 Å². The highest BCUT2D eigenvalue weighted by Crippen LogP contribution is 2.28. The van der Waals surface area contributed by atoms with Gasteiger partial charge in [-0.05, 0) is 18.8 Å². The van der Waals surface area contributed by atoms with E-state index in [9.17, 15) is 4.79 Å². The highest BCUT2D eigenvalue weighted by atomic mass is 16.5. The van der Waals surface area contributed by atoms with Crippen LogP contribution in [-0.4, -0.2) is 25.7 Å². The Morgan fingerprint density at radius 1 is 1.67 bits per heavy atom. The summed E-state index contributed by atoms with van der Waals surface area (Å²) in [5, 5.41) is 2.77. The fraction of sp³-hybridized carbons (Fsp3) is 0.667. The van der Waals surface area contributed by atoms with Crippen LogP contribution in [0.5, 0.6) is 0 Å². The molecule has 0 unspecified atom stereocenters. The molecule has 0 saturated heterocycles. The molecule has 0 aromatic heterocycles. The van der Waals surface area contributed by atoms with Gasteiger partial charge in [-0.3, -0.25) is 10.1 Å². The second kappa shape index (κ2) is 4.78. The predicted molar refractivity (Wildman–Crippen MR) is 45.4 cm³/mol. The fourth-order valence-electron chi connectivity index (χ4n) is 0.783. The topological polar surface area (TPSA) is 38.3 Å². The maximum atomic E-state index is 10.9. The van der Waals surface area contributed by atoms with Crippen molar-refractivity contribution in [1.29, 1.82) is 0 Å². The van der Waals surface area contributed by atoms with Gasteiger partial charge in [-0.15, -0.1) is 6.42 Å². The minimum Gasteiger partial charge on any atom is -0.464 e. The van der Waals surface area contributed by atoms with Gasteiger partial charge in [0.25, 0.3) is 0 Å². The minimum atomic E-state index is -0.211. The quantitative estimate of drug-likeness (QED) is 0.360. The van der Waals surface area contributed by atoms with E-state index >= 15 is 0 Å². The first-order valence-corrected chi connectivity index (χ1v) is 4.12. The molecule has 0 atom stereocenters. The average Bonchev–Trinajstić information content (AvgIpc) is 2.84. The van der Waals surface area contributed by atoms with E-state index in [1.807, 2.05) is 0 Å². The molecule has 66 valence electrons. The van der Waals surface area contributed by atoms with Crippen molar-refractivity contribution in [3.8, 4) is 12.3 Å². The zero-order chi connectivity index (χ0) is 8.81. The summed E-state index contributed by atoms with van der Waals surface area (Å²) in [7, 11) is 0. The highest BCUT2D eigenvalue weighted by Gasteiger charge is 2.22. The van der Waals surface area contributed by atoms with E-state index in [4.69, 9.17) is 11.2 Å². The number of nitrogens with one attached hydrogen (secondary N) is 1. The average molecular weight is 167 g/mol. The molecular weight excluding hydrogens is 154 g/mol. The van der Waals surface area contributed by atoms with Crippen molar-refractivity contribution >= 4 is 5.97 Å². The predicted octanol–water partition coefficient (Wildman–Crippen LogP) is 0.162. The van der Waals surface area contributed by atoms with Gasteiger partial charge in [-0.2, -0.15) is 0 Å². The molecule has 1 aliphatic carbocycles. The molecule has 0 amide bonds. The van der Waals surface area contributed by atoms with Crippen LogP contribution < -0.4 is 5.32 Å². The Kier molecular flexibility index (Phi) is 3.62. The number of hydrogen-bond acceptors (Lipinski definition) is 3. The van der Waals surface area contributed by atoms with Crippen molar-refractivity contribution in [2.45, 2.75) is 12.8 Å². The van der Waals surface area contributed by atoms with E-state index in [0.717, 1.165) is 0 Å². The summed E-state index contributed by atoms with van der Waals surface area (Å²) < 4.78 is 4.94. The lowest BCUT2D eigenvalue weighted by atomic mass is 10.5. The van der Waals surface area contributed by atoms with Gasteiger partial charge in [0.1, 0.15) is 0 Å². The van der Waals surface area contributed by atoms with Gasteiger partial charge < -0.3 is 4.74 Å². The van der Waals surface area contributed by atoms with Crippen molar-refractivity contribution in [3.05, 3.63) is 0 Å². The molecule has 1 N–H and O–H groups in total. The number of carbonyl (C=O) groups excluding carboxylic acids is 1. The van der Waals surface area contributed by atoms with Crippen LogP contribution in [0.15, 0.2) is 0 Å². The summed E-state index contributed by atoms with van der Waals surface area (Å²) in [4.78, 5) is 10.9. The van der Waals surface area contributed by atoms with Gasteiger partial charge in [0.2, 0.25) is 0 Å². The van der Waals surface area contributed by atoms with Gasteiger partial charge >= 0.3 is 5.97 Å². The zero-order valence-electron chi connectivity index (χ0n) is 7.01. The molecule has 1 fully saturated rings. The Morgan fingerprint density at radius 2 is 2.42 bits per heavy atom. The SMILES string of the molecule is C#CCNCC(=O)OCC1CC1. The highest BCUT2D eigenvalue weighted by molar-refractivity contribution is 5.71. The van der Waals surface area contributed by atoms with Gasteiger partial charge in [0.05, 0.1) is 19.7 Å². The number of ether oxygens (including phenoxy) is 1. The monoisotopic (exact) mass is 167 g/mol. The van der Waals surface area contributed by atoms with Crippen LogP contribution >= 0.6 is 0 Å². The molecule has 0 radical (unpaired) electrons. The first kappa shape index (κ1) is 9.08. The molecule has 1 rings (SSSR count). The lowest BCUT2D eigenvalue weighted by Crippen LogP contribution is -2.25. The van der Waals surface area contributed by atoms with E-state index in [1.165, 1.54) is 12.8 Å². The smallest absolute Gasteiger partial charge is 0.319 e. The largest absolute Gasteiger partial charge is 0.464 e. The maximum absolute atomic E-state index is 10.9. The maximum Gasteiger partial charge on any atom is 0.319 e. The summed E-state index contributed by atoms with van der Waals surface area (Å²) in [6.07, 6.45) is 7.38. The van der Waals surface area contributed by atoms with Crippen LogP contribution in [0.25, 0.3) is 0 Å². The van der Waals surface area contributed by atoms with E-state index in [2.05, 4.69) is 11.2 Å². The Hall–Kier alpha value is -1.01. The molecule has 3 heteroatoms. The van der Waals surface area contributed by atoms with Gasteiger partial charge in [0, 0.05) is 0 Å². The zero-order valence-corrected chi connectivity index (χ0v) is 7.01. The molecule has 1 aliphatic rings. The molecule has 0 aromatic rings. The third kappa shape index (κ3) is 3.99. The normalized spacial score (nSPS) is 15.2. The summed E-state index contributed by atoms with van der Waals surface area (Å²) in [5.74, 6) is 2.80. The van der Waals surface area contributed by atoms with Crippen LogP contribution in [0.2, 0.25) is 0 Å². The standard InChI is InChI=1S/C9H13NO2/c1-2-5-10-6-9(11)12-7-8-3-4-8/h1,8,10H,3-7H2. The molecule has 0 spiro atoms. The second-order valence-corrected chi connectivity index (χ2v) is 2.93. The Morgan fingerprint density at radius 3 is 3.00 bits per heavy atom. The van der Waals surface area contributed by atoms with Gasteiger partial charge in [-0.1, -0.05) is 5.92 Å². The van der Waals surface area contributed by atoms with Gasteiger partial charge in [0.15, 0.2) is 0 Å².